The molecule has 0 aromatic heterocycles. The van der Waals surface area contributed by atoms with Crippen molar-refractivity contribution in [1.29, 1.82) is 0 Å². The number of nitro groups is 1. The smallest absolute Gasteiger partial charge is 0.269 e. The van der Waals surface area contributed by atoms with Crippen molar-refractivity contribution in [2.45, 2.75) is 33.3 Å². The molecule has 7 heteroatoms. The maximum absolute atomic E-state index is 12.2. The van der Waals surface area contributed by atoms with Crippen molar-refractivity contribution in [3.05, 3.63) is 58.6 Å². The largest absolute Gasteiger partial charge is 0.494 e. The number of amides is 1. The van der Waals surface area contributed by atoms with Gasteiger partial charge in [-0.3, -0.25) is 14.9 Å². The average Bonchev–Trinajstić information content (AvgIpc) is 2.63. The standard InChI is InChI=1S/C20H24N2O5/c1-14(2)12-13-26-18-8-4-16(5-9-18)21-20(23)15(3)27-19-10-6-17(7-11-19)22(24)25/h4-11,14-15H,12-13H2,1-3H3,(H,21,23). The molecule has 2 aromatic carbocycles. The highest BCUT2D eigenvalue weighted by atomic mass is 16.6. The Labute approximate surface area is 158 Å². The number of carbonyl (C=O) groups is 1. The van der Waals surface area contributed by atoms with Gasteiger partial charge in [0.2, 0.25) is 0 Å². The monoisotopic (exact) mass is 372 g/mol. The summed E-state index contributed by atoms with van der Waals surface area (Å²) in [4.78, 5) is 22.4. The Bertz CT molecular complexity index is 757. The second kappa shape index (κ2) is 9.56. The SMILES string of the molecule is CC(C)CCOc1ccc(NC(=O)C(C)Oc2ccc([N+](=O)[O-])cc2)cc1. The molecule has 2 rings (SSSR count). The minimum absolute atomic E-state index is 0.0323. The van der Waals surface area contributed by atoms with Crippen LogP contribution in [0.5, 0.6) is 11.5 Å². The third-order valence-corrected chi connectivity index (χ3v) is 3.82. The van der Waals surface area contributed by atoms with Gasteiger partial charge in [-0.15, -0.1) is 0 Å². The minimum Gasteiger partial charge on any atom is -0.494 e. The van der Waals surface area contributed by atoms with E-state index >= 15 is 0 Å². The summed E-state index contributed by atoms with van der Waals surface area (Å²) in [7, 11) is 0. The normalized spacial score (nSPS) is 11.7. The van der Waals surface area contributed by atoms with E-state index in [1.807, 2.05) is 0 Å². The van der Waals surface area contributed by atoms with E-state index < -0.39 is 11.0 Å². The molecule has 0 aliphatic carbocycles. The Morgan fingerprint density at radius 3 is 2.19 bits per heavy atom. The van der Waals surface area contributed by atoms with Crippen LogP contribution in [0.2, 0.25) is 0 Å². The Morgan fingerprint density at radius 1 is 1.04 bits per heavy atom. The van der Waals surface area contributed by atoms with Gasteiger partial charge in [0.15, 0.2) is 6.10 Å². The molecule has 27 heavy (non-hydrogen) atoms. The summed E-state index contributed by atoms with van der Waals surface area (Å²) >= 11 is 0. The Kier molecular flexibility index (Phi) is 7.16. The van der Waals surface area contributed by atoms with Crippen LogP contribution in [0.25, 0.3) is 0 Å². The van der Waals surface area contributed by atoms with Crippen LogP contribution in [0.4, 0.5) is 11.4 Å². The average molecular weight is 372 g/mol. The molecule has 0 saturated carbocycles. The lowest BCUT2D eigenvalue weighted by atomic mass is 10.1. The number of nitrogens with one attached hydrogen (secondary N) is 1. The van der Waals surface area contributed by atoms with Crippen LogP contribution in [0.1, 0.15) is 27.2 Å². The van der Waals surface area contributed by atoms with Crippen LogP contribution in [0.15, 0.2) is 48.5 Å². The molecule has 0 spiro atoms. The fourth-order valence-corrected chi connectivity index (χ4v) is 2.19. The molecule has 0 radical (unpaired) electrons. The van der Waals surface area contributed by atoms with Crippen LogP contribution in [-0.4, -0.2) is 23.5 Å². The molecule has 1 atom stereocenters. The summed E-state index contributed by atoms with van der Waals surface area (Å²) in [5, 5.41) is 13.4. The summed E-state index contributed by atoms with van der Waals surface area (Å²) < 4.78 is 11.2. The molecular weight excluding hydrogens is 348 g/mol. The van der Waals surface area contributed by atoms with Crippen molar-refractivity contribution in [2.24, 2.45) is 5.92 Å². The molecule has 0 saturated heterocycles. The van der Waals surface area contributed by atoms with E-state index in [2.05, 4.69) is 19.2 Å². The molecule has 0 heterocycles. The van der Waals surface area contributed by atoms with Gasteiger partial charge < -0.3 is 14.8 Å². The van der Waals surface area contributed by atoms with E-state index in [9.17, 15) is 14.9 Å². The molecule has 0 aliphatic rings. The zero-order chi connectivity index (χ0) is 19.8. The number of rotatable bonds is 9. The van der Waals surface area contributed by atoms with E-state index in [4.69, 9.17) is 9.47 Å². The van der Waals surface area contributed by atoms with E-state index in [1.54, 1.807) is 31.2 Å². The second-order valence-electron chi connectivity index (χ2n) is 6.56. The van der Waals surface area contributed by atoms with Crippen LogP contribution < -0.4 is 14.8 Å². The topological polar surface area (TPSA) is 90.7 Å². The lowest BCUT2D eigenvalue weighted by molar-refractivity contribution is -0.384. The number of ether oxygens (including phenoxy) is 2. The van der Waals surface area contributed by atoms with Crippen molar-refractivity contribution in [1.82, 2.24) is 0 Å². The molecular formula is C20H24N2O5. The number of hydrogen-bond donors (Lipinski definition) is 1. The molecule has 0 bridgehead atoms. The number of hydrogen-bond acceptors (Lipinski definition) is 5. The van der Waals surface area contributed by atoms with E-state index in [1.165, 1.54) is 24.3 Å². The summed E-state index contributed by atoms with van der Waals surface area (Å²) in [6.45, 7) is 6.55. The molecule has 144 valence electrons. The van der Waals surface area contributed by atoms with Gasteiger partial charge in [0.1, 0.15) is 11.5 Å². The Morgan fingerprint density at radius 2 is 1.63 bits per heavy atom. The van der Waals surface area contributed by atoms with Gasteiger partial charge in [-0.05, 0) is 55.7 Å². The summed E-state index contributed by atoms with van der Waals surface area (Å²) in [6, 6.07) is 12.7. The summed E-state index contributed by atoms with van der Waals surface area (Å²) in [5.41, 5.74) is 0.602. The molecule has 1 unspecified atom stereocenters. The Hall–Kier alpha value is -3.09. The van der Waals surface area contributed by atoms with Crippen molar-refractivity contribution >= 4 is 17.3 Å². The predicted molar refractivity (Wildman–Crippen MR) is 103 cm³/mol. The highest BCUT2D eigenvalue weighted by molar-refractivity contribution is 5.94. The first-order chi connectivity index (χ1) is 12.8. The van der Waals surface area contributed by atoms with Gasteiger partial charge in [0.25, 0.3) is 11.6 Å². The van der Waals surface area contributed by atoms with Crippen molar-refractivity contribution in [2.75, 3.05) is 11.9 Å². The number of anilines is 1. The number of nitro benzene ring substituents is 1. The highest BCUT2D eigenvalue weighted by Gasteiger charge is 2.15. The maximum atomic E-state index is 12.2. The molecule has 2 aromatic rings. The Balaban J connectivity index is 1.85. The van der Waals surface area contributed by atoms with Gasteiger partial charge in [-0.25, -0.2) is 0 Å². The van der Waals surface area contributed by atoms with Crippen LogP contribution in [-0.2, 0) is 4.79 Å². The zero-order valence-electron chi connectivity index (χ0n) is 15.7. The van der Waals surface area contributed by atoms with Crippen LogP contribution in [0.3, 0.4) is 0 Å². The van der Waals surface area contributed by atoms with Gasteiger partial charge in [-0.2, -0.15) is 0 Å². The maximum Gasteiger partial charge on any atom is 0.269 e. The van der Waals surface area contributed by atoms with Gasteiger partial charge in [0.05, 0.1) is 11.5 Å². The lowest BCUT2D eigenvalue weighted by Gasteiger charge is -2.15. The molecule has 0 aliphatic heterocycles. The van der Waals surface area contributed by atoms with Crippen molar-refractivity contribution in [3.63, 3.8) is 0 Å². The fraction of sp³-hybridized carbons (Fsp3) is 0.350. The predicted octanol–water partition coefficient (Wildman–Crippen LogP) is 4.43. The number of non-ortho nitro benzene ring substituents is 1. The molecule has 7 nitrogen and oxygen atoms in total. The molecule has 1 N–H and O–H groups in total. The quantitative estimate of drug-likeness (QED) is 0.519. The number of nitrogens with zero attached hydrogens (tertiary/aromatic N) is 1. The second-order valence-corrected chi connectivity index (χ2v) is 6.56. The third kappa shape index (κ3) is 6.62. The first-order valence-electron chi connectivity index (χ1n) is 8.80. The fourth-order valence-electron chi connectivity index (χ4n) is 2.19. The first-order valence-corrected chi connectivity index (χ1v) is 8.80. The van der Waals surface area contributed by atoms with E-state index in [0.29, 0.717) is 24.0 Å². The van der Waals surface area contributed by atoms with E-state index in [0.717, 1.165) is 12.2 Å². The first kappa shape index (κ1) is 20.2. The summed E-state index contributed by atoms with van der Waals surface area (Å²) in [5.74, 6) is 1.41. The number of benzene rings is 2. The van der Waals surface area contributed by atoms with Gasteiger partial charge in [-0.1, -0.05) is 13.8 Å². The lowest BCUT2D eigenvalue weighted by Crippen LogP contribution is -2.30. The van der Waals surface area contributed by atoms with E-state index in [-0.39, 0.29) is 11.6 Å². The third-order valence-electron chi connectivity index (χ3n) is 3.82. The summed E-state index contributed by atoms with van der Waals surface area (Å²) in [6.07, 6.45) is 0.226. The van der Waals surface area contributed by atoms with Gasteiger partial charge in [0, 0.05) is 17.8 Å². The van der Waals surface area contributed by atoms with Crippen LogP contribution in [0, 0.1) is 16.0 Å². The van der Waals surface area contributed by atoms with Crippen molar-refractivity contribution < 1.29 is 19.2 Å². The van der Waals surface area contributed by atoms with Gasteiger partial charge >= 0.3 is 0 Å². The molecule has 0 fully saturated rings. The zero-order valence-corrected chi connectivity index (χ0v) is 15.7. The number of carbonyl (C=O) groups excluding carboxylic acids is 1. The van der Waals surface area contributed by atoms with Crippen LogP contribution >= 0.6 is 0 Å². The highest BCUT2D eigenvalue weighted by Crippen LogP contribution is 2.20. The van der Waals surface area contributed by atoms with Crippen molar-refractivity contribution in [3.8, 4) is 11.5 Å². The minimum atomic E-state index is -0.756. The molecule has 1 amide bonds.